The number of rotatable bonds is 1. The minimum Gasteiger partial charge on any atom is -0.478 e. The molecule has 4 nitrogen and oxygen atoms in total. The van der Waals surface area contributed by atoms with Gasteiger partial charge in [-0.3, -0.25) is 4.79 Å². The van der Waals surface area contributed by atoms with E-state index in [1.54, 1.807) is 0 Å². The van der Waals surface area contributed by atoms with Crippen molar-refractivity contribution in [2.75, 3.05) is 11.9 Å². The van der Waals surface area contributed by atoms with Crippen molar-refractivity contribution < 1.29 is 18.3 Å². The van der Waals surface area contributed by atoms with Crippen molar-refractivity contribution in [1.82, 2.24) is 0 Å². The Labute approximate surface area is 84.0 Å². The van der Waals surface area contributed by atoms with Crippen LogP contribution in [0.1, 0.15) is 5.56 Å². The summed E-state index contributed by atoms with van der Waals surface area (Å²) < 4.78 is 31.1. The Morgan fingerprint density at radius 3 is 2.93 bits per heavy atom. The molecule has 1 heterocycles. The average molecular weight is 214 g/mol. The second-order valence-corrected chi connectivity index (χ2v) is 3.08. The fourth-order valence-corrected chi connectivity index (χ4v) is 1.40. The van der Waals surface area contributed by atoms with Gasteiger partial charge in [0.1, 0.15) is 0 Å². The topological polar surface area (TPSA) is 64.3 Å². The number of amides is 1. The van der Waals surface area contributed by atoms with Gasteiger partial charge in [-0.1, -0.05) is 0 Å². The highest BCUT2D eigenvalue weighted by molar-refractivity contribution is 5.96. The van der Waals surface area contributed by atoms with Crippen LogP contribution in [0.5, 0.6) is 5.75 Å². The van der Waals surface area contributed by atoms with E-state index < -0.39 is 17.5 Å². The molecule has 0 bridgehead atoms. The zero-order valence-corrected chi connectivity index (χ0v) is 7.64. The van der Waals surface area contributed by atoms with Gasteiger partial charge in [0.2, 0.25) is 5.82 Å². The Bertz CT molecular complexity index is 435. The maximum absolute atomic E-state index is 13.2. The predicted molar refractivity (Wildman–Crippen MR) is 48.4 cm³/mol. The quantitative estimate of drug-likeness (QED) is 0.725. The largest absolute Gasteiger partial charge is 0.478 e. The van der Waals surface area contributed by atoms with Gasteiger partial charge in [-0.25, -0.2) is 4.39 Å². The lowest BCUT2D eigenvalue weighted by molar-refractivity contribution is -0.118. The number of carbonyl (C=O) groups excluding carboxylic acids is 1. The summed E-state index contributed by atoms with van der Waals surface area (Å²) in [6.45, 7) is -0.333. The maximum Gasteiger partial charge on any atom is 0.262 e. The number of halogens is 2. The van der Waals surface area contributed by atoms with E-state index in [1.165, 1.54) is 0 Å². The van der Waals surface area contributed by atoms with Crippen molar-refractivity contribution >= 4 is 11.6 Å². The van der Waals surface area contributed by atoms with Crippen molar-refractivity contribution in [3.63, 3.8) is 0 Å². The van der Waals surface area contributed by atoms with E-state index in [0.717, 1.165) is 6.07 Å². The van der Waals surface area contributed by atoms with Gasteiger partial charge < -0.3 is 15.8 Å². The van der Waals surface area contributed by atoms with Gasteiger partial charge in [-0.2, -0.15) is 4.39 Å². The molecule has 1 aliphatic rings. The van der Waals surface area contributed by atoms with Crippen molar-refractivity contribution in [3.8, 4) is 5.75 Å². The van der Waals surface area contributed by atoms with Crippen LogP contribution < -0.4 is 15.8 Å². The SMILES string of the molecule is NCc1cc(F)c(F)c2c1NC(=O)CO2. The van der Waals surface area contributed by atoms with Crippen LogP contribution in [0.3, 0.4) is 0 Å². The zero-order chi connectivity index (χ0) is 11.0. The van der Waals surface area contributed by atoms with Gasteiger partial charge in [0.25, 0.3) is 5.91 Å². The highest BCUT2D eigenvalue weighted by atomic mass is 19.2. The van der Waals surface area contributed by atoms with Gasteiger partial charge in [0, 0.05) is 6.54 Å². The monoisotopic (exact) mass is 214 g/mol. The Morgan fingerprint density at radius 2 is 2.27 bits per heavy atom. The lowest BCUT2D eigenvalue weighted by Gasteiger charge is -2.21. The molecule has 1 aromatic rings. The van der Waals surface area contributed by atoms with Crippen LogP contribution >= 0.6 is 0 Å². The van der Waals surface area contributed by atoms with Crippen LogP contribution in [0.25, 0.3) is 0 Å². The Balaban J connectivity index is 2.61. The minimum atomic E-state index is -1.11. The van der Waals surface area contributed by atoms with Crippen LogP contribution in [0, 0.1) is 11.6 Å². The summed E-state index contributed by atoms with van der Waals surface area (Å²) in [4.78, 5) is 11.0. The van der Waals surface area contributed by atoms with E-state index >= 15 is 0 Å². The maximum atomic E-state index is 13.2. The van der Waals surface area contributed by atoms with E-state index in [9.17, 15) is 13.6 Å². The predicted octanol–water partition coefficient (Wildman–Crippen LogP) is 0.754. The van der Waals surface area contributed by atoms with E-state index in [0.29, 0.717) is 5.56 Å². The second kappa shape index (κ2) is 3.47. The van der Waals surface area contributed by atoms with Crippen molar-refractivity contribution in [2.24, 2.45) is 5.73 Å². The number of fused-ring (bicyclic) bond motifs is 1. The van der Waals surface area contributed by atoms with Crippen LogP contribution in [0.15, 0.2) is 6.07 Å². The average Bonchev–Trinajstić information content (AvgIpc) is 2.23. The summed E-state index contributed by atoms with van der Waals surface area (Å²) in [7, 11) is 0. The molecule has 0 aliphatic carbocycles. The van der Waals surface area contributed by atoms with Crippen LogP contribution in [-0.4, -0.2) is 12.5 Å². The van der Waals surface area contributed by atoms with E-state index in [1.807, 2.05) is 0 Å². The molecule has 3 N–H and O–H groups in total. The van der Waals surface area contributed by atoms with Gasteiger partial charge in [-0.15, -0.1) is 0 Å². The van der Waals surface area contributed by atoms with Crippen molar-refractivity contribution in [3.05, 3.63) is 23.3 Å². The smallest absolute Gasteiger partial charge is 0.262 e. The summed E-state index contributed by atoms with van der Waals surface area (Å²) in [5, 5.41) is 2.40. The van der Waals surface area contributed by atoms with E-state index in [2.05, 4.69) is 5.32 Å². The number of hydrogen-bond acceptors (Lipinski definition) is 3. The first kappa shape index (κ1) is 9.85. The van der Waals surface area contributed by atoms with Gasteiger partial charge >= 0.3 is 0 Å². The molecule has 0 radical (unpaired) electrons. The van der Waals surface area contributed by atoms with Crippen LogP contribution in [-0.2, 0) is 11.3 Å². The third-order valence-electron chi connectivity index (χ3n) is 2.09. The minimum absolute atomic E-state index is 0.0107. The molecule has 0 saturated heterocycles. The molecule has 2 rings (SSSR count). The molecule has 1 amide bonds. The fraction of sp³-hybridized carbons (Fsp3) is 0.222. The lowest BCUT2D eigenvalue weighted by Crippen LogP contribution is -2.27. The molecule has 0 spiro atoms. The fourth-order valence-electron chi connectivity index (χ4n) is 1.40. The third-order valence-corrected chi connectivity index (χ3v) is 2.09. The number of hydrogen-bond donors (Lipinski definition) is 2. The number of nitrogens with two attached hydrogens (primary N) is 1. The summed E-state index contributed by atoms with van der Waals surface area (Å²) in [6, 6.07) is 0.948. The molecule has 0 saturated carbocycles. The second-order valence-electron chi connectivity index (χ2n) is 3.08. The zero-order valence-electron chi connectivity index (χ0n) is 7.64. The third kappa shape index (κ3) is 1.52. The first-order valence-electron chi connectivity index (χ1n) is 4.27. The summed E-state index contributed by atoms with van der Waals surface area (Å²) in [6.07, 6.45) is 0. The summed E-state index contributed by atoms with van der Waals surface area (Å²) >= 11 is 0. The molecule has 6 heteroatoms. The van der Waals surface area contributed by atoms with E-state index in [-0.39, 0.29) is 24.6 Å². The summed E-state index contributed by atoms with van der Waals surface area (Å²) in [5.41, 5.74) is 5.76. The Kier molecular flexibility index (Phi) is 2.28. The molecule has 80 valence electrons. The first-order chi connectivity index (χ1) is 7.13. The van der Waals surface area contributed by atoms with Gasteiger partial charge in [0.15, 0.2) is 18.2 Å². The lowest BCUT2D eigenvalue weighted by atomic mass is 10.1. The molecular weight excluding hydrogens is 206 g/mol. The molecule has 0 aromatic heterocycles. The normalized spacial score (nSPS) is 14.2. The number of benzene rings is 1. The first-order valence-corrected chi connectivity index (χ1v) is 4.27. The van der Waals surface area contributed by atoms with E-state index in [4.69, 9.17) is 10.5 Å². The number of ether oxygens (including phenoxy) is 1. The van der Waals surface area contributed by atoms with Gasteiger partial charge in [0.05, 0.1) is 5.69 Å². The van der Waals surface area contributed by atoms with Gasteiger partial charge in [-0.05, 0) is 11.6 Å². The number of carbonyl (C=O) groups is 1. The Morgan fingerprint density at radius 1 is 1.53 bits per heavy atom. The summed E-state index contributed by atoms with van der Waals surface area (Å²) in [5.74, 6) is -2.84. The number of anilines is 1. The molecular formula is C9H8F2N2O2. The molecule has 1 aromatic carbocycles. The molecule has 0 unspecified atom stereocenters. The highest BCUT2D eigenvalue weighted by Gasteiger charge is 2.25. The standard InChI is InChI=1S/C9H8F2N2O2/c10-5-1-4(2-12)8-9(7(5)11)15-3-6(14)13-8/h1H,2-3,12H2,(H,13,14). The molecule has 1 aliphatic heterocycles. The Hall–Kier alpha value is -1.69. The molecule has 0 atom stereocenters. The van der Waals surface area contributed by atoms with Crippen LogP contribution in [0.4, 0.5) is 14.5 Å². The number of nitrogens with one attached hydrogen (secondary N) is 1. The van der Waals surface area contributed by atoms with Crippen LogP contribution in [0.2, 0.25) is 0 Å². The molecule has 0 fully saturated rings. The van der Waals surface area contributed by atoms with Crippen molar-refractivity contribution in [1.29, 1.82) is 0 Å². The van der Waals surface area contributed by atoms with Crippen molar-refractivity contribution in [2.45, 2.75) is 6.54 Å². The molecule has 15 heavy (non-hydrogen) atoms. The highest BCUT2D eigenvalue weighted by Crippen LogP contribution is 2.35.